The van der Waals surface area contributed by atoms with Crippen LogP contribution in [0.5, 0.6) is 0 Å². The molecular weight excluding hydrogens is 266 g/mol. The third-order valence-corrected chi connectivity index (χ3v) is 3.03. The predicted octanol–water partition coefficient (Wildman–Crippen LogP) is 3.03. The second-order valence-corrected chi connectivity index (χ2v) is 4.48. The van der Waals surface area contributed by atoms with Gasteiger partial charge in [-0.25, -0.2) is 0 Å². The average molecular weight is 276 g/mol. The molecule has 0 saturated carbocycles. The molecule has 0 aliphatic rings. The number of aromatic nitrogens is 2. The van der Waals surface area contributed by atoms with Crippen molar-refractivity contribution in [3.05, 3.63) is 40.0 Å². The number of hydrogen-bond acceptors (Lipinski definition) is 2. The molecule has 0 bridgehead atoms. The summed E-state index contributed by atoms with van der Waals surface area (Å²) in [6.45, 7) is 1.98. The maximum Gasteiger partial charge on any atom is 0.0998 e. The molecular formula is C12H10BrN3. The van der Waals surface area contributed by atoms with Gasteiger partial charge in [-0.2, -0.15) is 10.4 Å². The van der Waals surface area contributed by atoms with E-state index in [1.54, 1.807) is 10.9 Å². The molecule has 3 nitrogen and oxygen atoms in total. The number of nitriles is 1. The summed E-state index contributed by atoms with van der Waals surface area (Å²) in [6, 6.07) is 8.05. The number of hydrogen-bond donors (Lipinski definition) is 0. The molecule has 80 valence electrons. The van der Waals surface area contributed by atoms with Crippen LogP contribution in [-0.4, -0.2) is 9.78 Å². The molecule has 0 N–H and O–H groups in total. The van der Waals surface area contributed by atoms with Gasteiger partial charge in [-0.15, -0.1) is 0 Å². The minimum atomic E-state index is 0.671. The Labute approximate surface area is 102 Å². The Balaban J connectivity index is 2.70. The Bertz CT molecular complexity index is 559. The van der Waals surface area contributed by atoms with Crippen LogP contribution in [0.15, 0.2) is 28.9 Å². The summed E-state index contributed by atoms with van der Waals surface area (Å²) in [5, 5.41) is 13.3. The molecule has 0 amide bonds. The van der Waals surface area contributed by atoms with E-state index in [1.165, 1.54) is 0 Å². The van der Waals surface area contributed by atoms with Crippen LogP contribution in [0.3, 0.4) is 0 Å². The van der Waals surface area contributed by atoms with Gasteiger partial charge in [-0.05, 0) is 34.5 Å². The molecule has 1 aromatic carbocycles. The first kappa shape index (κ1) is 10.9. The number of halogens is 1. The second-order valence-electron chi connectivity index (χ2n) is 3.63. The van der Waals surface area contributed by atoms with E-state index in [0.717, 1.165) is 21.3 Å². The van der Waals surface area contributed by atoms with Gasteiger partial charge in [0.05, 0.1) is 28.0 Å². The molecule has 0 saturated heterocycles. The van der Waals surface area contributed by atoms with Crippen molar-refractivity contribution in [1.82, 2.24) is 9.78 Å². The van der Waals surface area contributed by atoms with Crippen molar-refractivity contribution in [2.24, 2.45) is 7.05 Å². The van der Waals surface area contributed by atoms with Gasteiger partial charge >= 0.3 is 0 Å². The molecule has 2 aromatic rings. The maximum atomic E-state index is 9.13. The lowest BCUT2D eigenvalue weighted by Gasteiger charge is -2.06. The monoisotopic (exact) mass is 275 g/mol. The quantitative estimate of drug-likeness (QED) is 0.803. The Kier molecular flexibility index (Phi) is 2.80. The zero-order chi connectivity index (χ0) is 11.7. The van der Waals surface area contributed by atoms with E-state index >= 15 is 0 Å². The molecule has 0 fully saturated rings. The number of aryl methyl sites for hydroxylation is 2. The lowest BCUT2D eigenvalue weighted by molar-refractivity contribution is 0.775. The summed E-state index contributed by atoms with van der Waals surface area (Å²) in [6.07, 6.45) is 1.73. The molecule has 1 heterocycles. The third kappa shape index (κ3) is 1.74. The Morgan fingerprint density at radius 1 is 1.44 bits per heavy atom. The van der Waals surface area contributed by atoms with Gasteiger partial charge in [0.15, 0.2) is 0 Å². The third-order valence-electron chi connectivity index (χ3n) is 2.44. The first-order chi connectivity index (χ1) is 7.63. The number of nitrogens with zero attached hydrogens (tertiary/aromatic N) is 3. The SMILES string of the molecule is Cc1ccc(-c2c(Br)cnn2C)c(C#N)c1. The molecule has 0 aliphatic carbocycles. The van der Waals surface area contributed by atoms with Crippen molar-refractivity contribution in [3.8, 4) is 17.3 Å². The zero-order valence-electron chi connectivity index (χ0n) is 9.03. The summed E-state index contributed by atoms with van der Waals surface area (Å²) >= 11 is 3.44. The summed E-state index contributed by atoms with van der Waals surface area (Å²) in [5.74, 6) is 0. The first-order valence-electron chi connectivity index (χ1n) is 4.82. The van der Waals surface area contributed by atoms with E-state index < -0.39 is 0 Å². The van der Waals surface area contributed by atoms with Crippen molar-refractivity contribution >= 4 is 15.9 Å². The zero-order valence-corrected chi connectivity index (χ0v) is 10.6. The highest BCUT2D eigenvalue weighted by atomic mass is 79.9. The highest BCUT2D eigenvalue weighted by Gasteiger charge is 2.12. The van der Waals surface area contributed by atoms with Gasteiger partial charge < -0.3 is 0 Å². The van der Waals surface area contributed by atoms with E-state index in [-0.39, 0.29) is 0 Å². The van der Waals surface area contributed by atoms with E-state index in [9.17, 15) is 0 Å². The van der Waals surface area contributed by atoms with Crippen LogP contribution in [-0.2, 0) is 7.05 Å². The molecule has 0 atom stereocenters. The summed E-state index contributed by atoms with van der Waals surface area (Å²) < 4.78 is 2.66. The van der Waals surface area contributed by atoms with Gasteiger partial charge in [0.2, 0.25) is 0 Å². The van der Waals surface area contributed by atoms with Crippen molar-refractivity contribution in [2.75, 3.05) is 0 Å². The molecule has 16 heavy (non-hydrogen) atoms. The average Bonchev–Trinajstić information content (AvgIpc) is 2.59. The van der Waals surface area contributed by atoms with Crippen molar-refractivity contribution in [3.63, 3.8) is 0 Å². The summed E-state index contributed by atoms with van der Waals surface area (Å²) in [7, 11) is 1.86. The largest absolute Gasteiger partial charge is 0.267 e. The number of rotatable bonds is 1. The highest BCUT2D eigenvalue weighted by Crippen LogP contribution is 2.30. The second kappa shape index (κ2) is 4.11. The van der Waals surface area contributed by atoms with Crippen LogP contribution in [0.2, 0.25) is 0 Å². The van der Waals surface area contributed by atoms with Crippen molar-refractivity contribution in [1.29, 1.82) is 5.26 Å². The molecule has 4 heteroatoms. The Morgan fingerprint density at radius 2 is 2.19 bits per heavy atom. The Morgan fingerprint density at radius 3 is 2.75 bits per heavy atom. The molecule has 0 spiro atoms. The fraction of sp³-hybridized carbons (Fsp3) is 0.167. The first-order valence-corrected chi connectivity index (χ1v) is 5.61. The van der Waals surface area contributed by atoms with E-state index in [0.29, 0.717) is 5.56 Å². The minimum absolute atomic E-state index is 0.671. The molecule has 1 aromatic heterocycles. The molecule has 0 radical (unpaired) electrons. The molecule has 2 rings (SSSR count). The van der Waals surface area contributed by atoms with Crippen LogP contribution < -0.4 is 0 Å². The van der Waals surface area contributed by atoms with Gasteiger partial charge in [0.1, 0.15) is 0 Å². The topological polar surface area (TPSA) is 41.6 Å². The van der Waals surface area contributed by atoms with Gasteiger partial charge in [0, 0.05) is 12.6 Å². The van der Waals surface area contributed by atoms with Crippen LogP contribution in [0.25, 0.3) is 11.3 Å². The van der Waals surface area contributed by atoms with Crippen LogP contribution >= 0.6 is 15.9 Å². The summed E-state index contributed by atoms with van der Waals surface area (Å²) in [5.41, 5.74) is 3.58. The van der Waals surface area contributed by atoms with Gasteiger partial charge in [-0.3, -0.25) is 4.68 Å². The normalized spacial score (nSPS) is 10.1. The fourth-order valence-corrected chi connectivity index (χ4v) is 2.23. The molecule has 0 aliphatic heterocycles. The summed E-state index contributed by atoms with van der Waals surface area (Å²) in [4.78, 5) is 0. The van der Waals surface area contributed by atoms with Crippen LogP contribution in [0.4, 0.5) is 0 Å². The fourth-order valence-electron chi connectivity index (χ4n) is 1.67. The standard InChI is InChI=1S/C12H10BrN3/c1-8-3-4-10(9(5-8)6-14)12-11(13)7-15-16(12)2/h3-5,7H,1-2H3. The van der Waals surface area contributed by atoms with Crippen LogP contribution in [0, 0.1) is 18.3 Å². The van der Waals surface area contributed by atoms with Crippen molar-refractivity contribution in [2.45, 2.75) is 6.92 Å². The lowest BCUT2D eigenvalue weighted by atomic mass is 10.0. The highest BCUT2D eigenvalue weighted by molar-refractivity contribution is 9.10. The van der Waals surface area contributed by atoms with Gasteiger partial charge in [0.25, 0.3) is 0 Å². The van der Waals surface area contributed by atoms with E-state index in [4.69, 9.17) is 5.26 Å². The van der Waals surface area contributed by atoms with E-state index in [1.807, 2.05) is 32.2 Å². The maximum absolute atomic E-state index is 9.13. The lowest BCUT2D eigenvalue weighted by Crippen LogP contribution is -1.96. The Hall–Kier alpha value is -1.60. The predicted molar refractivity (Wildman–Crippen MR) is 65.8 cm³/mol. The van der Waals surface area contributed by atoms with Crippen LogP contribution in [0.1, 0.15) is 11.1 Å². The minimum Gasteiger partial charge on any atom is -0.267 e. The smallest absolute Gasteiger partial charge is 0.0998 e. The van der Waals surface area contributed by atoms with E-state index in [2.05, 4.69) is 27.1 Å². The molecule has 0 unspecified atom stereocenters. The van der Waals surface area contributed by atoms with Crippen molar-refractivity contribution < 1.29 is 0 Å². The number of benzene rings is 1. The van der Waals surface area contributed by atoms with Gasteiger partial charge in [-0.1, -0.05) is 12.1 Å².